The molecule has 1 aromatic heterocycles. The van der Waals surface area contributed by atoms with Gasteiger partial charge in [-0.2, -0.15) is 5.10 Å². The van der Waals surface area contributed by atoms with Gasteiger partial charge in [-0.1, -0.05) is 11.6 Å². The minimum Gasteiger partial charge on any atom is -0.492 e. The first-order chi connectivity index (χ1) is 10.3. The summed E-state index contributed by atoms with van der Waals surface area (Å²) in [5, 5.41) is 13.7. The lowest BCUT2D eigenvalue weighted by Crippen LogP contribution is -2.21. The monoisotopic (exact) mass is 322 g/mol. The Labute approximate surface area is 134 Å². The molecule has 0 aliphatic rings. The lowest BCUT2D eigenvalue weighted by Gasteiger charge is -2.18. The minimum atomic E-state index is -0.893. The predicted octanol–water partition coefficient (Wildman–Crippen LogP) is 3.81. The van der Waals surface area contributed by atoms with E-state index in [1.807, 2.05) is 10.9 Å². The van der Waals surface area contributed by atoms with Gasteiger partial charge in [-0.15, -0.1) is 0 Å². The van der Waals surface area contributed by atoms with E-state index in [9.17, 15) is 4.79 Å². The molecule has 1 N–H and O–H groups in total. The van der Waals surface area contributed by atoms with Crippen LogP contribution in [0.1, 0.15) is 27.2 Å². The van der Waals surface area contributed by atoms with Gasteiger partial charge < -0.3 is 9.84 Å². The summed E-state index contributed by atoms with van der Waals surface area (Å²) in [6.45, 7) is 6.29. The van der Waals surface area contributed by atoms with E-state index in [1.165, 1.54) is 0 Å². The molecule has 0 fully saturated rings. The molecule has 0 spiro atoms. The summed E-state index contributed by atoms with van der Waals surface area (Å²) in [6, 6.07) is 5.25. The number of aromatic nitrogens is 2. The van der Waals surface area contributed by atoms with Crippen molar-refractivity contribution in [2.75, 3.05) is 6.61 Å². The van der Waals surface area contributed by atoms with Gasteiger partial charge in [0.05, 0.1) is 24.8 Å². The van der Waals surface area contributed by atoms with E-state index in [1.54, 1.807) is 24.4 Å². The first kappa shape index (κ1) is 16.4. The second-order valence-corrected chi connectivity index (χ2v) is 6.41. The molecule has 0 saturated heterocycles. The van der Waals surface area contributed by atoms with Crippen LogP contribution in [0.3, 0.4) is 0 Å². The van der Waals surface area contributed by atoms with Crippen molar-refractivity contribution >= 4 is 17.6 Å². The molecule has 0 aliphatic carbocycles. The van der Waals surface area contributed by atoms with Crippen LogP contribution in [0.2, 0.25) is 5.02 Å². The Morgan fingerprint density at radius 3 is 2.73 bits per heavy atom. The molecule has 0 radical (unpaired) electrons. The van der Waals surface area contributed by atoms with Gasteiger partial charge in [0, 0.05) is 22.3 Å². The van der Waals surface area contributed by atoms with Crippen LogP contribution in [0, 0.1) is 0 Å². The molecule has 0 atom stereocenters. The molecule has 0 saturated carbocycles. The topological polar surface area (TPSA) is 64.3 Å². The smallest absolute Gasteiger partial charge is 0.306 e. The Balaban J connectivity index is 2.30. The number of carboxylic acid groups (broad SMARTS) is 1. The first-order valence-electron chi connectivity index (χ1n) is 6.97. The van der Waals surface area contributed by atoms with Crippen LogP contribution < -0.4 is 4.74 Å². The zero-order chi connectivity index (χ0) is 16.3. The Hall–Kier alpha value is -2.01. The molecule has 2 rings (SSSR count). The SMILES string of the molecule is CC(C)(C)n1cc(-c2cc(Cl)ccc2OCCC(=O)O)cn1. The van der Waals surface area contributed by atoms with Crippen molar-refractivity contribution in [3.8, 4) is 16.9 Å². The minimum absolute atomic E-state index is 0.0523. The summed E-state index contributed by atoms with van der Waals surface area (Å²) in [6.07, 6.45) is 3.63. The summed E-state index contributed by atoms with van der Waals surface area (Å²) in [4.78, 5) is 10.6. The number of hydrogen-bond acceptors (Lipinski definition) is 3. The van der Waals surface area contributed by atoms with Crippen molar-refractivity contribution in [3.05, 3.63) is 35.6 Å². The maximum Gasteiger partial charge on any atom is 0.306 e. The van der Waals surface area contributed by atoms with Crippen molar-refractivity contribution < 1.29 is 14.6 Å². The molecule has 1 heterocycles. The number of nitrogens with zero attached hydrogens (tertiary/aromatic N) is 2. The molecule has 0 aliphatic heterocycles. The predicted molar refractivity (Wildman–Crippen MR) is 85.4 cm³/mol. The van der Waals surface area contributed by atoms with Gasteiger partial charge in [0.2, 0.25) is 0 Å². The molecule has 22 heavy (non-hydrogen) atoms. The normalized spacial score (nSPS) is 11.5. The fourth-order valence-electron chi connectivity index (χ4n) is 1.93. The van der Waals surface area contributed by atoms with Crippen LogP contribution in [-0.2, 0) is 10.3 Å². The van der Waals surface area contributed by atoms with Crippen molar-refractivity contribution in [2.24, 2.45) is 0 Å². The van der Waals surface area contributed by atoms with Crippen LogP contribution in [-0.4, -0.2) is 27.5 Å². The average molecular weight is 323 g/mol. The molecular weight excluding hydrogens is 304 g/mol. The Kier molecular flexibility index (Phi) is 4.76. The first-order valence-corrected chi connectivity index (χ1v) is 7.35. The summed E-state index contributed by atoms with van der Waals surface area (Å²) in [5.74, 6) is -0.296. The highest BCUT2D eigenvalue weighted by Gasteiger charge is 2.16. The van der Waals surface area contributed by atoms with Crippen LogP contribution >= 0.6 is 11.6 Å². The van der Waals surface area contributed by atoms with Gasteiger partial charge in [-0.05, 0) is 39.0 Å². The van der Waals surface area contributed by atoms with E-state index in [-0.39, 0.29) is 18.6 Å². The maximum absolute atomic E-state index is 10.6. The molecule has 6 heteroatoms. The Morgan fingerprint density at radius 1 is 1.41 bits per heavy atom. The van der Waals surface area contributed by atoms with E-state index in [0.717, 1.165) is 11.1 Å². The van der Waals surface area contributed by atoms with Crippen LogP contribution in [0.5, 0.6) is 5.75 Å². The van der Waals surface area contributed by atoms with E-state index < -0.39 is 5.97 Å². The van der Waals surface area contributed by atoms with Gasteiger partial charge in [0.25, 0.3) is 0 Å². The maximum atomic E-state index is 10.6. The third-order valence-corrected chi connectivity index (χ3v) is 3.33. The van der Waals surface area contributed by atoms with Gasteiger partial charge in [0.15, 0.2) is 0 Å². The van der Waals surface area contributed by atoms with Gasteiger partial charge >= 0.3 is 5.97 Å². The largest absolute Gasteiger partial charge is 0.492 e. The Morgan fingerprint density at radius 2 is 2.14 bits per heavy atom. The average Bonchev–Trinajstić information content (AvgIpc) is 2.89. The number of carboxylic acids is 1. The standard InChI is InChI=1S/C16H19ClN2O3/c1-16(2,3)19-10-11(9-18-19)13-8-12(17)4-5-14(13)22-7-6-15(20)21/h4-5,8-10H,6-7H2,1-3H3,(H,20,21). The number of rotatable bonds is 5. The molecule has 0 bridgehead atoms. The number of hydrogen-bond donors (Lipinski definition) is 1. The van der Waals surface area contributed by atoms with Crippen LogP contribution in [0.15, 0.2) is 30.6 Å². The van der Waals surface area contributed by atoms with Gasteiger partial charge in [-0.25, -0.2) is 0 Å². The number of aliphatic carboxylic acids is 1. The van der Waals surface area contributed by atoms with Crippen LogP contribution in [0.4, 0.5) is 0 Å². The van der Waals surface area contributed by atoms with Gasteiger partial charge in [0.1, 0.15) is 5.75 Å². The van der Waals surface area contributed by atoms with Crippen LogP contribution in [0.25, 0.3) is 11.1 Å². The summed E-state index contributed by atoms with van der Waals surface area (Å²) < 4.78 is 7.44. The molecule has 2 aromatic rings. The molecular formula is C16H19ClN2O3. The molecule has 0 amide bonds. The van der Waals surface area contributed by atoms with E-state index in [0.29, 0.717) is 10.8 Å². The highest BCUT2D eigenvalue weighted by Crippen LogP contribution is 2.33. The van der Waals surface area contributed by atoms with Gasteiger partial charge in [-0.3, -0.25) is 9.48 Å². The second kappa shape index (κ2) is 6.40. The second-order valence-electron chi connectivity index (χ2n) is 5.98. The summed E-state index contributed by atoms with van der Waals surface area (Å²) in [5.41, 5.74) is 1.55. The lowest BCUT2D eigenvalue weighted by atomic mass is 10.1. The molecule has 1 aromatic carbocycles. The van der Waals surface area contributed by atoms with E-state index >= 15 is 0 Å². The fraction of sp³-hybridized carbons (Fsp3) is 0.375. The van der Waals surface area contributed by atoms with Crippen molar-refractivity contribution in [1.82, 2.24) is 9.78 Å². The number of halogens is 1. The van der Waals surface area contributed by atoms with E-state index in [2.05, 4.69) is 25.9 Å². The van der Waals surface area contributed by atoms with Crippen molar-refractivity contribution in [1.29, 1.82) is 0 Å². The van der Waals surface area contributed by atoms with Crippen molar-refractivity contribution in [2.45, 2.75) is 32.7 Å². The highest BCUT2D eigenvalue weighted by molar-refractivity contribution is 6.31. The Bertz CT molecular complexity index is 674. The fourth-order valence-corrected chi connectivity index (χ4v) is 2.10. The third-order valence-electron chi connectivity index (χ3n) is 3.10. The zero-order valence-corrected chi connectivity index (χ0v) is 13.6. The summed E-state index contributed by atoms with van der Waals surface area (Å²) in [7, 11) is 0. The third kappa shape index (κ3) is 4.01. The molecule has 118 valence electrons. The molecule has 5 nitrogen and oxygen atoms in total. The quantitative estimate of drug-likeness (QED) is 0.909. The number of carbonyl (C=O) groups is 1. The van der Waals surface area contributed by atoms with E-state index in [4.69, 9.17) is 21.4 Å². The zero-order valence-electron chi connectivity index (χ0n) is 12.8. The number of benzene rings is 1. The highest BCUT2D eigenvalue weighted by atomic mass is 35.5. The molecule has 0 unspecified atom stereocenters. The summed E-state index contributed by atoms with van der Waals surface area (Å²) >= 11 is 6.07. The van der Waals surface area contributed by atoms with Crippen molar-refractivity contribution in [3.63, 3.8) is 0 Å². The lowest BCUT2D eigenvalue weighted by molar-refractivity contribution is -0.137. The number of ether oxygens (including phenoxy) is 1.